The van der Waals surface area contributed by atoms with Crippen molar-refractivity contribution in [3.8, 4) is 0 Å². The van der Waals surface area contributed by atoms with Gasteiger partial charge in [-0.05, 0) is 49.1 Å². The molecule has 2 saturated heterocycles. The summed E-state index contributed by atoms with van der Waals surface area (Å²) in [6, 6.07) is 9.69. The fourth-order valence-corrected chi connectivity index (χ4v) is 6.84. The molecule has 4 atom stereocenters. The lowest BCUT2D eigenvalue weighted by atomic mass is 9.61. The second-order valence-corrected chi connectivity index (χ2v) is 8.47. The van der Waals surface area contributed by atoms with Gasteiger partial charge in [-0.3, -0.25) is 9.89 Å². The first-order chi connectivity index (χ1) is 10.3. The Bertz CT molecular complexity index is 625. The molecule has 0 aromatic heterocycles. The van der Waals surface area contributed by atoms with Crippen molar-refractivity contribution in [3.63, 3.8) is 0 Å². The molecule has 1 saturated carbocycles. The molecule has 2 bridgehead atoms. The van der Waals surface area contributed by atoms with E-state index in [1.807, 2.05) is 0 Å². The SMILES string of the molecule is CCSC1CN2CC[C@H]3CC4=Nc5ccccc5[C@]41[C@@H]2C3. The number of hydrogen-bond acceptors (Lipinski definition) is 3. The molecular formula is C18H22N2S. The fourth-order valence-electron chi connectivity index (χ4n) is 5.45. The van der Waals surface area contributed by atoms with E-state index in [1.165, 1.54) is 49.5 Å². The van der Waals surface area contributed by atoms with Crippen LogP contribution in [0.15, 0.2) is 29.3 Å². The lowest BCUT2D eigenvalue weighted by Crippen LogP contribution is -2.57. The molecule has 1 aromatic carbocycles. The van der Waals surface area contributed by atoms with E-state index in [9.17, 15) is 0 Å². The van der Waals surface area contributed by atoms with Crippen LogP contribution in [0, 0.1) is 5.92 Å². The van der Waals surface area contributed by atoms with Crippen molar-refractivity contribution >= 4 is 23.2 Å². The number of thioether (sulfide) groups is 1. The molecule has 3 heterocycles. The van der Waals surface area contributed by atoms with E-state index >= 15 is 0 Å². The van der Waals surface area contributed by atoms with Gasteiger partial charge in [0.15, 0.2) is 0 Å². The second kappa shape index (κ2) is 4.36. The van der Waals surface area contributed by atoms with Crippen LogP contribution in [0.25, 0.3) is 0 Å². The number of para-hydroxylation sites is 1. The summed E-state index contributed by atoms with van der Waals surface area (Å²) in [5.74, 6) is 2.10. The highest BCUT2D eigenvalue weighted by Crippen LogP contribution is 2.59. The van der Waals surface area contributed by atoms with E-state index in [0.717, 1.165) is 12.0 Å². The standard InChI is InChI=1S/C18H22N2S/c1-2-21-17-11-20-8-7-12-9-15-18(17,16(20)10-12)13-5-3-4-6-14(13)19-15/h3-6,12,16-17H,2,7-11H2,1H3/t12-,16-,17?,18+/m0/s1. The molecule has 110 valence electrons. The van der Waals surface area contributed by atoms with Crippen LogP contribution in [0.1, 0.15) is 31.7 Å². The third-order valence-corrected chi connectivity index (χ3v) is 7.44. The molecule has 3 fully saturated rings. The van der Waals surface area contributed by atoms with Crippen LogP contribution in [0.5, 0.6) is 0 Å². The van der Waals surface area contributed by atoms with Crippen molar-refractivity contribution in [1.82, 2.24) is 4.90 Å². The summed E-state index contributed by atoms with van der Waals surface area (Å²) in [5, 5.41) is 0.703. The first-order valence-electron chi connectivity index (χ1n) is 8.37. The summed E-state index contributed by atoms with van der Waals surface area (Å²) >= 11 is 2.17. The van der Waals surface area contributed by atoms with Crippen LogP contribution in [-0.4, -0.2) is 40.7 Å². The van der Waals surface area contributed by atoms with Gasteiger partial charge in [0.2, 0.25) is 0 Å². The lowest BCUT2D eigenvalue weighted by Gasteiger charge is -2.48. The number of hydrogen-bond donors (Lipinski definition) is 0. The zero-order chi connectivity index (χ0) is 14.0. The maximum absolute atomic E-state index is 5.13. The molecule has 1 aliphatic carbocycles. The molecule has 1 aromatic rings. The van der Waals surface area contributed by atoms with Crippen molar-refractivity contribution in [3.05, 3.63) is 29.8 Å². The lowest BCUT2D eigenvalue weighted by molar-refractivity contribution is 0.122. The average Bonchev–Trinajstić information content (AvgIpc) is 3.01. The first kappa shape index (κ1) is 12.7. The van der Waals surface area contributed by atoms with E-state index in [-0.39, 0.29) is 5.41 Å². The first-order valence-corrected chi connectivity index (χ1v) is 9.42. The summed E-state index contributed by atoms with van der Waals surface area (Å²) in [6.45, 7) is 4.89. The number of aliphatic imine (C=N–C) groups is 1. The van der Waals surface area contributed by atoms with Gasteiger partial charge in [-0.1, -0.05) is 25.1 Å². The molecule has 3 heteroatoms. The summed E-state index contributed by atoms with van der Waals surface area (Å²) in [6.07, 6.45) is 4.03. The highest BCUT2D eigenvalue weighted by Gasteiger charge is 2.63. The van der Waals surface area contributed by atoms with Crippen molar-refractivity contribution in [1.29, 1.82) is 0 Å². The van der Waals surface area contributed by atoms with Crippen LogP contribution >= 0.6 is 11.8 Å². The summed E-state index contributed by atoms with van der Waals surface area (Å²) < 4.78 is 0. The van der Waals surface area contributed by atoms with Crippen molar-refractivity contribution < 1.29 is 0 Å². The Balaban J connectivity index is 1.74. The van der Waals surface area contributed by atoms with Gasteiger partial charge in [0, 0.05) is 23.5 Å². The third-order valence-electron chi connectivity index (χ3n) is 6.19. The molecule has 1 spiro atoms. The molecular weight excluding hydrogens is 276 g/mol. The quantitative estimate of drug-likeness (QED) is 0.828. The Morgan fingerprint density at radius 1 is 1.38 bits per heavy atom. The monoisotopic (exact) mass is 298 g/mol. The predicted molar refractivity (Wildman–Crippen MR) is 89.8 cm³/mol. The molecule has 0 N–H and O–H groups in total. The van der Waals surface area contributed by atoms with Gasteiger partial charge in [0.05, 0.1) is 11.1 Å². The predicted octanol–water partition coefficient (Wildman–Crippen LogP) is 3.63. The molecule has 0 amide bonds. The van der Waals surface area contributed by atoms with Crippen LogP contribution in [-0.2, 0) is 5.41 Å². The molecule has 3 aliphatic heterocycles. The molecule has 21 heavy (non-hydrogen) atoms. The maximum Gasteiger partial charge on any atom is 0.0671 e. The van der Waals surface area contributed by atoms with Crippen LogP contribution in [0.2, 0.25) is 0 Å². The number of fused-ring (bicyclic) bond motifs is 2. The normalized spacial score (nSPS) is 39.9. The molecule has 0 radical (unpaired) electrons. The van der Waals surface area contributed by atoms with Gasteiger partial charge in [-0.15, -0.1) is 0 Å². The minimum Gasteiger partial charge on any atom is -0.298 e. The van der Waals surface area contributed by atoms with E-state index in [2.05, 4.69) is 47.9 Å². The van der Waals surface area contributed by atoms with Gasteiger partial charge < -0.3 is 0 Å². The van der Waals surface area contributed by atoms with Crippen LogP contribution < -0.4 is 0 Å². The Kier molecular flexibility index (Phi) is 2.64. The average molecular weight is 298 g/mol. The zero-order valence-electron chi connectivity index (χ0n) is 12.6. The summed E-state index contributed by atoms with van der Waals surface area (Å²) in [4.78, 5) is 7.93. The van der Waals surface area contributed by atoms with Crippen molar-refractivity contribution in [2.75, 3.05) is 18.8 Å². The van der Waals surface area contributed by atoms with E-state index in [0.29, 0.717) is 5.25 Å². The molecule has 2 nitrogen and oxygen atoms in total. The summed E-state index contributed by atoms with van der Waals surface area (Å²) in [5.41, 5.74) is 4.58. The number of rotatable bonds is 2. The Labute approximate surface area is 131 Å². The zero-order valence-corrected chi connectivity index (χ0v) is 13.4. The summed E-state index contributed by atoms with van der Waals surface area (Å²) in [7, 11) is 0. The third kappa shape index (κ3) is 1.47. The van der Waals surface area contributed by atoms with Crippen molar-refractivity contribution in [2.24, 2.45) is 10.9 Å². The van der Waals surface area contributed by atoms with E-state index in [4.69, 9.17) is 4.99 Å². The topological polar surface area (TPSA) is 15.6 Å². The Morgan fingerprint density at radius 2 is 2.29 bits per heavy atom. The highest BCUT2D eigenvalue weighted by atomic mass is 32.2. The van der Waals surface area contributed by atoms with Gasteiger partial charge in [-0.25, -0.2) is 0 Å². The second-order valence-electron chi connectivity index (χ2n) is 6.99. The molecule has 5 rings (SSSR count). The molecule has 1 unspecified atom stereocenters. The largest absolute Gasteiger partial charge is 0.298 e. The molecule has 4 aliphatic rings. The number of nitrogens with zero attached hydrogens (tertiary/aromatic N) is 2. The number of piperidine rings is 1. The smallest absolute Gasteiger partial charge is 0.0671 e. The maximum atomic E-state index is 5.13. The minimum absolute atomic E-state index is 0.244. The van der Waals surface area contributed by atoms with Gasteiger partial charge in [-0.2, -0.15) is 11.8 Å². The van der Waals surface area contributed by atoms with Gasteiger partial charge >= 0.3 is 0 Å². The Morgan fingerprint density at radius 3 is 3.19 bits per heavy atom. The fraction of sp³-hybridized carbons (Fsp3) is 0.611. The minimum atomic E-state index is 0.244. The van der Waals surface area contributed by atoms with Gasteiger partial charge in [0.1, 0.15) is 0 Å². The number of benzene rings is 1. The van der Waals surface area contributed by atoms with Crippen molar-refractivity contribution in [2.45, 2.75) is 42.9 Å². The van der Waals surface area contributed by atoms with Crippen LogP contribution in [0.4, 0.5) is 5.69 Å². The van der Waals surface area contributed by atoms with Crippen LogP contribution in [0.3, 0.4) is 0 Å². The Hall–Kier alpha value is -0.800. The van der Waals surface area contributed by atoms with E-state index < -0.39 is 0 Å². The highest BCUT2D eigenvalue weighted by molar-refractivity contribution is 8.00. The van der Waals surface area contributed by atoms with E-state index in [1.54, 1.807) is 5.56 Å². The van der Waals surface area contributed by atoms with Gasteiger partial charge in [0.25, 0.3) is 0 Å².